The van der Waals surface area contributed by atoms with Gasteiger partial charge in [-0.3, -0.25) is 24.0 Å². The van der Waals surface area contributed by atoms with E-state index in [0.717, 1.165) is 35.0 Å². The fourth-order valence-corrected chi connectivity index (χ4v) is 3.90. The lowest BCUT2D eigenvalue weighted by molar-refractivity contribution is -0.0524. The molecule has 2 aromatic rings. The fourth-order valence-electron chi connectivity index (χ4n) is 3.03. The van der Waals surface area contributed by atoms with Gasteiger partial charge in [-0.1, -0.05) is 0 Å². The van der Waals surface area contributed by atoms with Crippen molar-refractivity contribution in [3.8, 4) is 0 Å². The standard InChI is InChI=1S/C17H18N3O12P/c21-11-1-2-20(17(28)18-11)14-13(23)12(22)10(32-14)6-31-33(29,30)19-9-4-7(15(24)25)3-8(5-9)16(26)27/h1-5,10,12-14,22-23H,6H2,(H,24,25)(H,26,27)(H,18,21,28)(H2,19,29,30)/t10-,12-,13-,14-/m1/s1. The van der Waals surface area contributed by atoms with E-state index in [-0.39, 0.29) is 5.69 Å². The molecule has 1 fully saturated rings. The minimum Gasteiger partial charge on any atom is -0.478 e. The summed E-state index contributed by atoms with van der Waals surface area (Å²) < 4.78 is 23.3. The number of nitrogens with one attached hydrogen (secondary N) is 2. The number of benzene rings is 1. The third kappa shape index (κ3) is 5.54. The monoisotopic (exact) mass is 487 g/mol. The van der Waals surface area contributed by atoms with Crippen LogP contribution < -0.4 is 16.3 Å². The van der Waals surface area contributed by atoms with Crippen LogP contribution in [0.4, 0.5) is 5.69 Å². The van der Waals surface area contributed by atoms with E-state index in [2.05, 4.69) is 0 Å². The van der Waals surface area contributed by atoms with E-state index in [4.69, 9.17) is 19.5 Å². The fraction of sp³-hybridized carbons (Fsp3) is 0.294. The number of carboxylic acids is 2. The normalized spacial score (nSPS) is 24.2. The lowest BCUT2D eigenvalue weighted by Gasteiger charge is -2.19. The molecule has 2 heterocycles. The first kappa shape index (κ1) is 24.3. The van der Waals surface area contributed by atoms with E-state index in [1.54, 1.807) is 0 Å². The number of H-pyrrole nitrogens is 1. The van der Waals surface area contributed by atoms with Crippen LogP contribution in [-0.2, 0) is 13.8 Å². The molecule has 0 amide bonds. The topological polar surface area (TPSA) is 238 Å². The summed E-state index contributed by atoms with van der Waals surface area (Å²) in [6.07, 6.45) is -5.10. The second-order valence-corrected chi connectivity index (χ2v) is 8.42. The Balaban J connectivity index is 1.72. The maximum atomic E-state index is 12.4. The maximum absolute atomic E-state index is 12.4. The largest absolute Gasteiger partial charge is 0.478 e. The number of carbonyl (C=O) groups is 2. The highest BCUT2D eigenvalue weighted by atomic mass is 31.2. The quantitative estimate of drug-likeness (QED) is 0.216. The lowest BCUT2D eigenvalue weighted by Crippen LogP contribution is -2.37. The van der Waals surface area contributed by atoms with Crippen molar-refractivity contribution in [1.29, 1.82) is 0 Å². The zero-order valence-electron chi connectivity index (χ0n) is 16.4. The third-order valence-corrected chi connectivity index (χ3v) is 5.61. The predicted molar refractivity (Wildman–Crippen MR) is 107 cm³/mol. The number of aliphatic hydroxyl groups excluding tert-OH is 2. The molecule has 1 aliphatic heterocycles. The average molecular weight is 487 g/mol. The molecule has 5 atom stereocenters. The first-order valence-electron chi connectivity index (χ1n) is 9.08. The van der Waals surface area contributed by atoms with Crippen molar-refractivity contribution in [1.82, 2.24) is 9.55 Å². The van der Waals surface area contributed by atoms with Crippen molar-refractivity contribution in [2.45, 2.75) is 24.5 Å². The molecule has 15 nitrogen and oxygen atoms in total. The summed E-state index contributed by atoms with van der Waals surface area (Å²) in [5.41, 5.74) is -2.91. The van der Waals surface area contributed by atoms with Crippen LogP contribution in [0, 0.1) is 0 Å². The number of rotatable bonds is 8. The van der Waals surface area contributed by atoms with Gasteiger partial charge in [0.1, 0.15) is 18.3 Å². The van der Waals surface area contributed by atoms with E-state index in [0.29, 0.717) is 0 Å². The molecule has 16 heteroatoms. The van der Waals surface area contributed by atoms with Crippen LogP contribution in [0.1, 0.15) is 26.9 Å². The number of nitrogens with zero attached hydrogens (tertiary/aromatic N) is 1. The number of aromatic amines is 1. The van der Waals surface area contributed by atoms with Gasteiger partial charge in [-0.25, -0.2) is 18.9 Å². The summed E-state index contributed by atoms with van der Waals surface area (Å²) in [7, 11) is -4.75. The molecule has 1 saturated heterocycles. The summed E-state index contributed by atoms with van der Waals surface area (Å²) in [5, 5.41) is 40.4. The molecular formula is C17H18N3O12P. The molecule has 7 N–H and O–H groups in total. The Morgan fingerprint density at radius 1 is 1.12 bits per heavy atom. The molecular weight excluding hydrogens is 469 g/mol. The molecule has 1 unspecified atom stereocenters. The molecule has 0 bridgehead atoms. The summed E-state index contributed by atoms with van der Waals surface area (Å²) in [6.45, 7) is -0.766. The highest BCUT2D eigenvalue weighted by Crippen LogP contribution is 2.43. The van der Waals surface area contributed by atoms with Crippen LogP contribution in [0.2, 0.25) is 0 Å². The minimum absolute atomic E-state index is 0.344. The van der Waals surface area contributed by atoms with Crippen molar-refractivity contribution >= 4 is 25.4 Å². The van der Waals surface area contributed by atoms with Gasteiger partial charge in [-0.15, -0.1) is 0 Å². The summed E-state index contributed by atoms with van der Waals surface area (Å²) in [4.78, 5) is 57.3. The van der Waals surface area contributed by atoms with Gasteiger partial charge in [0.05, 0.1) is 17.7 Å². The number of aromatic carboxylic acids is 2. The lowest BCUT2D eigenvalue weighted by atomic mass is 10.1. The Labute approximate surface area is 183 Å². The number of aliphatic hydroxyl groups is 2. The summed E-state index contributed by atoms with van der Waals surface area (Å²) >= 11 is 0. The zero-order chi connectivity index (χ0) is 24.5. The van der Waals surface area contributed by atoms with Crippen molar-refractivity contribution in [3.05, 3.63) is 62.4 Å². The first-order chi connectivity index (χ1) is 15.4. The van der Waals surface area contributed by atoms with Gasteiger partial charge in [-0.05, 0) is 18.2 Å². The molecule has 178 valence electrons. The summed E-state index contributed by atoms with van der Waals surface area (Å²) in [6, 6.07) is 3.65. The Morgan fingerprint density at radius 2 is 1.73 bits per heavy atom. The third-order valence-electron chi connectivity index (χ3n) is 4.57. The highest BCUT2D eigenvalue weighted by Gasteiger charge is 2.45. The average Bonchev–Trinajstić information content (AvgIpc) is 3.00. The number of anilines is 1. The van der Waals surface area contributed by atoms with Gasteiger partial charge in [0, 0.05) is 18.0 Å². The second-order valence-electron chi connectivity index (χ2n) is 6.90. The molecule has 33 heavy (non-hydrogen) atoms. The molecule has 0 spiro atoms. The van der Waals surface area contributed by atoms with Crippen molar-refractivity contribution in [2.75, 3.05) is 11.7 Å². The number of hydrogen-bond donors (Lipinski definition) is 7. The van der Waals surface area contributed by atoms with E-state index in [1.807, 2.05) is 10.1 Å². The van der Waals surface area contributed by atoms with Crippen LogP contribution in [0.3, 0.4) is 0 Å². The number of hydrogen-bond acceptors (Lipinski definition) is 9. The minimum atomic E-state index is -4.75. The Bertz CT molecular complexity index is 1210. The maximum Gasteiger partial charge on any atom is 0.430 e. The number of ether oxygens (including phenoxy) is 1. The zero-order valence-corrected chi connectivity index (χ0v) is 17.3. The molecule has 1 aliphatic rings. The highest BCUT2D eigenvalue weighted by molar-refractivity contribution is 7.54. The van der Waals surface area contributed by atoms with Gasteiger partial charge >= 0.3 is 25.4 Å². The number of aromatic nitrogens is 2. The molecule has 1 aromatic carbocycles. The first-order valence-corrected chi connectivity index (χ1v) is 10.7. The Hall–Kier alpha value is -3.33. The Morgan fingerprint density at radius 3 is 2.27 bits per heavy atom. The molecule has 0 saturated carbocycles. The molecule has 0 radical (unpaired) electrons. The van der Waals surface area contributed by atoms with Gasteiger partial charge < -0.3 is 30.1 Å². The second kappa shape index (κ2) is 9.27. The van der Waals surface area contributed by atoms with E-state index < -0.39 is 73.2 Å². The van der Waals surface area contributed by atoms with Crippen molar-refractivity contribution in [2.24, 2.45) is 0 Å². The molecule has 1 aromatic heterocycles. The summed E-state index contributed by atoms with van der Waals surface area (Å²) in [5.74, 6) is -2.95. The van der Waals surface area contributed by atoms with Crippen LogP contribution in [0.25, 0.3) is 0 Å². The van der Waals surface area contributed by atoms with Crippen molar-refractivity contribution < 1.29 is 48.7 Å². The number of carboxylic acid groups (broad SMARTS) is 2. The van der Waals surface area contributed by atoms with Gasteiger partial charge in [0.2, 0.25) is 0 Å². The van der Waals surface area contributed by atoms with Crippen LogP contribution in [0.5, 0.6) is 0 Å². The van der Waals surface area contributed by atoms with Gasteiger partial charge in [-0.2, -0.15) is 0 Å². The van der Waals surface area contributed by atoms with Crippen molar-refractivity contribution in [3.63, 3.8) is 0 Å². The van der Waals surface area contributed by atoms with E-state index >= 15 is 0 Å². The SMILES string of the molecule is O=C(O)c1cc(NP(=O)(O)OC[C@H]2O[C@@H](n3ccc(=O)[nH]c3=O)[C@H](O)[C@@H]2O)cc(C(=O)O)c1. The van der Waals surface area contributed by atoms with Gasteiger partial charge in [0.25, 0.3) is 5.56 Å². The van der Waals surface area contributed by atoms with Crippen LogP contribution in [-0.4, -0.2) is 71.7 Å². The molecule has 3 rings (SSSR count). The van der Waals surface area contributed by atoms with Crippen LogP contribution in [0.15, 0.2) is 40.1 Å². The Kier molecular flexibility index (Phi) is 6.83. The van der Waals surface area contributed by atoms with Crippen LogP contribution >= 0.6 is 7.75 Å². The molecule has 0 aliphatic carbocycles. The van der Waals surface area contributed by atoms with Gasteiger partial charge in [0.15, 0.2) is 6.23 Å². The predicted octanol–water partition coefficient (Wildman–Crippen LogP) is -1.22. The van der Waals surface area contributed by atoms with E-state index in [9.17, 15) is 38.8 Å². The smallest absolute Gasteiger partial charge is 0.430 e. The van der Waals surface area contributed by atoms with E-state index in [1.165, 1.54) is 0 Å².